The van der Waals surface area contributed by atoms with Gasteiger partial charge in [0.25, 0.3) is 17.4 Å². The maximum Gasteiger partial charge on any atom is 0.418 e. The zero-order valence-electron chi connectivity index (χ0n) is 18.6. The minimum Gasteiger partial charge on any atom is -0.422 e. The molecule has 2 amide bonds. The summed E-state index contributed by atoms with van der Waals surface area (Å²) in [7, 11) is 0. The number of benzene rings is 3. The molecule has 2 atom stereocenters. The predicted octanol–water partition coefficient (Wildman–Crippen LogP) is 4.84. The number of amides is 2. The van der Waals surface area contributed by atoms with E-state index < -0.39 is 23.6 Å². The molecule has 0 saturated carbocycles. The molecule has 1 fully saturated rings. The molecule has 3 aromatic carbocycles. The van der Waals surface area contributed by atoms with Gasteiger partial charge >= 0.3 is 6.09 Å². The van der Waals surface area contributed by atoms with Gasteiger partial charge in [0.2, 0.25) is 5.89 Å². The molecule has 4 aromatic rings. The molecule has 7 nitrogen and oxygen atoms in total. The molecule has 1 aliphatic heterocycles. The van der Waals surface area contributed by atoms with Crippen molar-refractivity contribution in [3.63, 3.8) is 0 Å². The van der Waals surface area contributed by atoms with E-state index in [4.69, 9.17) is 9.15 Å². The topological polar surface area (TPSA) is 85.5 Å². The Kier molecular flexibility index (Phi) is 5.67. The molecule has 0 radical (unpaired) electrons. The highest BCUT2D eigenvalue weighted by molar-refractivity contribution is 6.03. The molecular formula is C27H23N3O4. The third-order valence-corrected chi connectivity index (χ3v) is 6.00. The highest BCUT2D eigenvalue weighted by Crippen LogP contribution is 2.41. The van der Waals surface area contributed by atoms with Gasteiger partial charge in [-0.25, -0.2) is 9.69 Å². The summed E-state index contributed by atoms with van der Waals surface area (Å²) in [5, 5.41) is 8.32. The summed E-state index contributed by atoms with van der Waals surface area (Å²) in [5.74, 6) is -0.206. The van der Waals surface area contributed by atoms with Gasteiger partial charge in [-0.1, -0.05) is 91.0 Å². The normalized spacial score (nSPS) is 18.7. The van der Waals surface area contributed by atoms with Crippen LogP contribution in [-0.4, -0.2) is 27.1 Å². The first-order valence-corrected chi connectivity index (χ1v) is 11.1. The number of hydrogen-bond donors (Lipinski definition) is 0. The van der Waals surface area contributed by atoms with Gasteiger partial charge in [0.05, 0.1) is 12.5 Å². The van der Waals surface area contributed by atoms with E-state index in [-0.39, 0.29) is 12.3 Å². The zero-order valence-corrected chi connectivity index (χ0v) is 18.6. The van der Waals surface area contributed by atoms with E-state index in [0.29, 0.717) is 12.3 Å². The van der Waals surface area contributed by atoms with Crippen LogP contribution in [0.5, 0.6) is 0 Å². The quantitative estimate of drug-likeness (QED) is 0.398. The number of imide groups is 1. The van der Waals surface area contributed by atoms with E-state index in [1.165, 1.54) is 0 Å². The first-order chi connectivity index (χ1) is 16.6. The molecule has 1 saturated heterocycles. The molecule has 170 valence electrons. The second-order valence-electron chi connectivity index (χ2n) is 8.28. The molecule has 0 N–H and O–H groups in total. The predicted molar refractivity (Wildman–Crippen MR) is 124 cm³/mol. The zero-order chi connectivity index (χ0) is 23.5. The Hall–Kier alpha value is -4.26. The summed E-state index contributed by atoms with van der Waals surface area (Å²) in [6.45, 7) is 1.79. The van der Waals surface area contributed by atoms with Crippen molar-refractivity contribution in [3.05, 3.63) is 119 Å². The number of rotatable bonds is 7. The van der Waals surface area contributed by atoms with E-state index in [1.807, 2.05) is 91.0 Å². The molecule has 34 heavy (non-hydrogen) atoms. The van der Waals surface area contributed by atoms with E-state index in [0.717, 1.165) is 21.6 Å². The fourth-order valence-electron chi connectivity index (χ4n) is 4.20. The van der Waals surface area contributed by atoms with Crippen LogP contribution < -0.4 is 0 Å². The minimum absolute atomic E-state index is 0.0246. The lowest BCUT2D eigenvalue weighted by molar-refractivity contribution is -0.140. The highest BCUT2D eigenvalue weighted by atomic mass is 16.6. The van der Waals surface area contributed by atoms with Crippen molar-refractivity contribution >= 4 is 12.0 Å². The molecule has 2 heterocycles. The second-order valence-corrected chi connectivity index (χ2v) is 8.28. The first kappa shape index (κ1) is 21.6. The van der Waals surface area contributed by atoms with Crippen LogP contribution in [0.3, 0.4) is 0 Å². The van der Waals surface area contributed by atoms with Crippen molar-refractivity contribution < 1.29 is 18.7 Å². The van der Waals surface area contributed by atoms with E-state index >= 15 is 0 Å². The average Bonchev–Trinajstić information content (AvgIpc) is 3.43. The van der Waals surface area contributed by atoms with Gasteiger partial charge in [-0.15, -0.1) is 10.2 Å². The van der Waals surface area contributed by atoms with Crippen LogP contribution in [-0.2, 0) is 28.0 Å². The van der Waals surface area contributed by atoms with Gasteiger partial charge in [-0.05, 0) is 23.6 Å². The number of carbonyl (C=O) groups excluding carboxylic acids is 2. The van der Waals surface area contributed by atoms with Crippen molar-refractivity contribution in [2.75, 3.05) is 0 Å². The first-order valence-electron chi connectivity index (χ1n) is 11.1. The Balaban J connectivity index is 1.52. The highest BCUT2D eigenvalue weighted by Gasteiger charge is 2.60. The molecule has 0 bridgehead atoms. The number of nitrogens with zero attached hydrogens (tertiary/aromatic N) is 3. The Labute approximate surface area is 197 Å². The van der Waals surface area contributed by atoms with Gasteiger partial charge < -0.3 is 9.15 Å². The molecule has 7 heteroatoms. The van der Waals surface area contributed by atoms with Crippen molar-refractivity contribution in [2.45, 2.75) is 31.4 Å². The van der Waals surface area contributed by atoms with Crippen LogP contribution >= 0.6 is 0 Å². The Bertz CT molecular complexity index is 1290. The lowest BCUT2D eigenvalue weighted by Gasteiger charge is -2.23. The number of hydrogen-bond acceptors (Lipinski definition) is 6. The maximum absolute atomic E-state index is 13.9. The van der Waals surface area contributed by atoms with Gasteiger partial charge in [0, 0.05) is 6.42 Å². The third kappa shape index (κ3) is 3.96. The van der Waals surface area contributed by atoms with Gasteiger partial charge in [0.15, 0.2) is 0 Å². The third-order valence-electron chi connectivity index (χ3n) is 6.00. The largest absolute Gasteiger partial charge is 0.422 e. The Morgan fingerprint density at radius 2 is 1.41 bits per heavy atom. The van der Waals surface area contributed by atoms with E-state index in [2.05, 4.69) is 10.2 Å². The molecular weight excluding hydrogens is 430 g/mol. The smallest absolute Gasteiger partial charge is 0.418 e. The van der Waals surface area contributed by atoms with Crippen molar-refractivity contribution in [1.29, 1.82) is 0 Å². The van der Waals surface area contributed by atoms with Gasteiger partial charge in [0.1, 0.15) is 0 Å². The molecule has 0 unspecified atom stereocenters. The summed E-state index contributed by atoms with van der Waals surface area (Å²) in [6.07, 6.45) is -0.245. The van der Waals surface area contributed by atoms with E-state index in [1.54, 1.807) is 6.92 Å². The summed E-state index contributed by atoms with van der Waals surface area (Å²) in [5.41, 5.74) is 0.881. The van der Waals surface area contributed by atoms with Crippen LogP contribution in [0, 0.1) is 0 Å². The lowest BCUT2D eigenvalue weighted by atomic mass is 9.92. The summed E-state index contributed by atoms with van der Waals surface area (Å²) in [6, 6.07) is 27.9. The number of aromatic nitrogens is 2. The van der Waals surface area contributed by atoms with Crippen molar-refractivity contribution in [1.82, 2.24) is 15.1 Å². The van der Waals surface area contributed by atoms with Crippen LogP contribution in [0.1, 0.15) is 41.4 Å². The number of cyclic esters (lactones) is 1. The molecule has 0 spiro atoms. The van der Waals surface area contributed by atoms with Crippen molar-refractivity contribution in [2.24, 2.45) is 0 Å². The number of carbonyl (C=O) groups is 2. The maximum atomic E-state index is 13.9. The fourth-order valence-corrected chi connectivity index (χ4v) is 4.20. The Morgan fingerprint density at radius 3 is 2.06 bits per heavy atom. The summed E-state index contributed by atoms with van der Waals surface area (Å²) in [4.78, 5) is 28.1. The van der Waals surface area contributed by atoms with Gasteiger partial charge in [-0.2, -0.15) is 0 Å². The standard InChI is InChI=1S/C27H23N3O4/c1-19(22-15-9-4-10-16-22)30-25(31)27(34-26(30)32,18-21-13-7-3-8-14-21)24-29-28-23(33-24)17-20-11-5-2-6-12-20/h2-16,19H,17-18H2,1H3/t19-,27-/m1/s1. The van der Waals surface area contributed by atoms with Crippen LogP contribution in [0.15, 0.2) is 95.4 Å². The summed E-state index contributed by atoms with van der Waals surface area (Å²) < 4.78 is 11.8. The lowest BCUT2D eigenvalue weighted by Crippen LogP contribution is -2.41. The summed E-state index contributed by atoms with van der Waals surface area (Å²) >= 11 is 0. The van der Waals surface area contributed by atoms with E-state index in [9.17, 15) is 9.59 Å². The van der Waals surface area contributed by atoms with Crippen LogP contribution in [0.2, 0.25) is 0 Å². The van der Waals surface area contributed by atoms with Crippen LogP contribution in [0.4, 0.5) is 4.79 Å². The second kappa shape index (κ2) is 8.94. The molecule has 5 rings (SSSR count). The van der Waals surface area contributed by atoms with Crippen LogP contribution in [0.25, 0.3) is 0 Å². The molecule has 0 aliphatic carbocycles. The molecule has 1 aromatic heterocycles. The Morgan fingerprint density at radius 1 is 0.824 bits per heavy atom. The molecule has 1 aliphatic rings. The SMILES string of the molecule is C[C@H](c1ccccc1)N1C(=O)O[C@](Cc2ccccc2)(c2nnc(Cc3ccccc3)o2)C1=O. The minimum atomic E-state index is -1.73. The van der Waals surface area contributed by atoms with Crippen molar-refractivity contribution in [3.8, 4) is 0 Å². The average molecular weight is 453 g/mol. The number of ether oxygens (including phenoxy) is 1. The fraction of sp³-hybridized carbons (Fsp3) is 0.185. The monoisotopic (exact) mass is 453 g/mol. The van der Waals surface area contributed by atoms with Gasteiger partial charge in [-0.3, -0.25) is 4.79 Å².